The second-order valence-electron chi connectivity index (χ2n) is 5.70. The van der Waals surface area contributed by atoms with Crippen molar-refractivity contribution in [3.05, 3.63) is 35.7 Å². The molecule has 2 rings (SSSR count). The van der Waals surface area contributed by atoms with Crippen molar-refractivity contribution < 1.29 is 4.74 Å². The smallest absolute Gasteiger partial charge is 0.212 e. The van der Waals surface area contributed by atoms with E-state index in [1.54, 1.807) is 7.05 Å². The molecule has 0 aliphatic carbocycles. The fourth-order valence-corrected chi connectivity index (χ4v) is 1.67. The Morgan fingerprint density at radius 2 is 2.00 bits per heavy atom. The van der Waals surface area contributed by atoms with Gasteiger partial charge in [-0.15, -0.1) is 10.2 Å². The molecule has 0 atom stereocenters. The molecule has 1 aromatic carbocycles. The molecule has 20 heavy (non-hydrogen) atoms. The van der Waals surface area contributed by atoms with Gasteiger partial charge < -0.3 is 10.1 Å². The molecule has 6 nitrogen and oxygen atoms in total. The zero-order chi connectivity index (χ0) is 14.6. The maximum absolute atomic E-state index is 5.78. The molecule has 1 aromatic heterocycles. The van der Waals surface area contributed by atoms with Crippen LogP contribution in [0.2, 0.25) is 0 Å². The Morgan fingerprint density at radius 1 is 1.25 bits per heavy atom. The lowest BCUT2D eigenvalue weighted by atomic mass is 10.1. The summed E-state index contributed by atoms with van der Waals surface area (Å²) in [6.45, 7) is 7.49. The molecule has 1 heterocycles. The first-order valence-corrected chi connectivity index (χ1v) is 6.63. The third-order valence-electron chi connectivity index (χ3n) is 2.69. The fourth-order valence-electron chi connectivity index (χ4n) is 1.67. The number of benzene rings is 1. The molecule has 0 fully saturated rings. The Hall–Kier alpha value is -1.95. The highest BCUT2D eigenvalue weighted by molar-refractivity contribution is 5.33. The van der Waals surface area contributed by atoms with Crippen LogP contribution in [0.3, 0.4) is 0 Å². The molecular weight excluding hydrogens is 254 g/mol. The van der Waals surface area contributed by atoms with Gasteiger partial charge in [0.25, 0.3) is 0 Å². The second kappa shape index (κ2) is 6.00. The van der Waals surface area contributed by atoms with Gasteiger partial charge in [0.15, 0.2) is 6.61 Å². The number of nitrogens with one attached hydrogen (secondary N) is 1. The Bertz CT molecular complexity index is 559. The van der Waals surface area contributed by atoms with E-state index < -0.39 is 0 Å². The summed E-state index contributed by atoms with van der Waals surface area (Å²) in [6.07, 6.45) is 0. The summed E-state index contributed by atoms with van der Waals surface area (Å²) in [5, 5.41) is 15.2. The van der Waals surface area contributed by atoms with Crippen molar-refractivity contribution in [3.8, 4) is 5.75 Å². The summed E-state index contributed by atoms with van der Waals surface area (Å²) in [5.41, 5.74) is 1.19. The number of hydrogen-bond acceptors (Lipinski definition) is 5. The number of tetrazole rings is 1. The predicted octanol–water partition coefficient (Wildman–Crippen LogP) is 1.68. The van der Waals surface area contributed by atoms with Crippen LogP contribution in [-0.4, -0.2) is 25.7 Å². The first kappa shape index (κ1) is 14.5. The SMILES string of the molecule is Cn1nnc(COc2ccccc2CNC(C)(C)C)n1. The van der Waals surface area contributed by atoms with Gasteiger partial charge >= 0.3 is 0 Å². The van der Waals surface area contributed by atoms with Crippen molar-refractivity contribution >= 4 is 0 Å². The molecule has 0 unspecified atom stereocenters. The Balaban J connectivity index is 2.00. The highest BCUT2D eigenvalue weighted by atomic mass is 16.5. The van der Waals surface area contributed by atoms with E-state index in [1.165, 1.54) is 4.80 Å². The van der Waals surface area contributed by atoms with E-state index in [1.807, 2.05) is 18.2 Å². The normalized spacial score (nSPS) is 11.6. The molecule has 0 aliphatic heterocycles. The first-order valence-electron chi connectivity index (χ1n) is 6.63. The molecule has 0 amide bonds. The average Bonchev–Trinajstić information content (AvgIpc) is 2.80. The van der Waals surface area contributed by atoms with E-state index in [0.29, 0.717) is 12.4 Å². The minimum atomic E-state index is 0.0690. The van der Waals surface area contributed by atoms with Crippen molar-refractivity contribution in [2.45, 2.75) is 39.5 Å². The van der Waals surface area contributed by atoms with Crippen LogP contribution < -0.4 is 10.1 Å². The number of aryl methyl sites for hydroxylation is 1. The van der Waals surface area contributed by atoms with Crippen LogP contribution in [-0.2, 0) is 20.2 Å². The minimum Gasteiger partial charge on any atom is -0.485 e. The Labute approximate surface area is 119 Å². The maximum Gasteiger partial charge on any atom is 0.212 e. The van der Waals surface area contributed by atoms with Crippen LogP contribution in [0.15, 0.2) is 24.3 Å². The maximum atomic E-state index is 5.78. The largest absolute Gasteiger partial charge is 0.485 e. The van der Waals surface area contributed by atoms with Gasteiger partial charge in [0.2, 0.25) is 5.82 Å². The summed E-state index contributed by atoms with van der Waals surface area (Å²) >= 11 is 0. The molecule has 108 valence electrons. The number of aromatic nitrogens is 4. The zero-order valence-corrected chi connectivity index (χ0v) is 12.4. The number of rotatable bonds is 5. The lowest BCUT2D eigenvalue weighted by molar-refractivity contribution is 0.290. The van der Waals surface area contributed by atoms with Crippen LogP contribution in [0.25, 0.3) is 0 Å². The van der Waals surface area contributed by atoms with Gasteiger partial charge in [-0.3, -0.25) is 0 Å². The Morgan fingerprint density at radius 3 is 2.65 bits per heavy atom. The third kappa shape index (κ3) is 4.31. The lowest BCUT2D eigenvalue weighted by Gasteiger charge is -2.21. The topological polar surface area (TPSA) is 64.9 Å². The minimum absolute atomic E-state index is 0.0690. The Kier molecular flexibility index (Phi) is 4.34. The summed E-state index contributed by atoms with van der Waals surface area (Å²) in [6, 6.07) is 7.97. The highest BCUT2D eigenvalue weighted by Gasteiger charge is 2.11. The van der Waals surface area contributed by atoms with Crippen LogP contribution >= 0.6 is 0 Å². The number of para-hydroxylation sites is 1. The molecule has 6 heteroatoms. The van der Waals surface area contributed by atoms with Crippen molar-refractivity contribution in [1.29, 1.82) is 0 Å². The van der Waals surface area contributed by atoms with Gasteiger partial charge in [-0.25, -0.2) is 0 Å². The second-order valence-corrected chi connectivity index (χ2v) is 5.70. The summed E-state index contributed by atoms with van der Waals surface area (Å²) < 4.78 is 5.78. The van der Waals surface area contributed by atoms with E-state index >= 15 is 0 Å². The van der Waals surface area contributed by atoms with E-state index in [9.17, 15) is 0 Å². The van der Waals surface area contributed by atoms with Crippen LogP contribution in [0.5, 0.6) is 5.75 Å². The number of nitrogens with zero attached hydrogens (tertiary/aromatic N) is 4. The van der Waals surface area contributed by atoms with Gasteiger partial charge in [-0.05, 0) is 32.1 Å². The van der Waals surface area contributed by atoms with E-state index in [0.717, 1.165) is 17.9 Å². The third-order valence-corrected chi connectivity index (χ3v) is 2.69. The van der Waals surface area contributed by atoms with Crippen LogP contribution in [0, 0.1) is 0 Å². The van der Waals surface area contributed by atoms with Crippen molar-refractivity contribution in [1.82, 2.24) is 25.5 Å². The standard InChI is InChI=1S/C14H21N5O/c1-14(2,3)15-9-11-7-5-6-8-12(11)20-10-13-16-18-19(4)17-13/h5-8,15H,9-10H2,1-4H3. The van der Waals surface area contributed by atoms with E-state index in [-0.39, 0.29) is 5.54 Å². The number of hydrogen-bond donors (Lipinski definition) is 1. The summed E-state index contributed by atoms with van der Waals surface area (Å²) in [7, 11) is 1.73. The van der Waals surface area contributed by atoms with Gasteiger partial charge in [0, 0.05) is 17.6 Å². The molecule has 0 saturated heterocycles. The van der Waals surface area contributed by atoms with Crippen LogP contribution in [0.4, 0.5) is 0 Å². The predicted molar refractivity (Wildman–Crippen MR) is 76.2 cm³/mol. The average molecular weight is 275 g/mol. The van der Waals surface area contributed by atoms with Crippen LogP contribution in [0.1, 0.15) is 32.2 Å². The molecule has 0 saturated carbocycles. The van der Waals surface area contributed by atoms with Gasteiger partial charge in [-0.1, -0.05) is 18.2 Å². The van der Waals surface area contributed by atoms with E-state index in [2.05, 4.69) is 47.6 Å². The summed E-state index contributed by atoms with van der Waals surface area (Å²) in [4.78, 5) is 1.42. The lowest BCUT2D eigenvalue weighted by Crippen LogP contribution is -2.35. The monoisotopic (exact) mass is 275 g/mol. The molecule has 0 bridgehead atoms. The van der Waals surface area contributed by atoms with Gasteiger partial charge in [0.1, 0.15) is 5.75 Å². The molecule has 0 spiro atoms. The molecule has 1 N–H and O–H groups in total. The summed E-state index contributed by atoms with van der Waals surface area (Å²) in [5.74, 6) is 1.42. The van der Waals surface area contributed by atoms with Crippen molar-refractivity contribution in [2.24, 2.45) is 7.05 Å². The fraction of sp³-hybridized carbons (Fsp3) is 0.500. The van der Waals surface area contributed by atoms with Crippen molar-refractivity contribution in [3.63, 3.8) is 0 Å². The number of ether oxygens (including phenoxy) is 1. The zero-order valence-electron chi connectivity index (χ0n) is 12.4. The first-order chi connectivity index (χ1) is 9.44. The molecule has 0 aliphatic rings. The van der Waals surface area contributed by atoms with Gasteiger partial charge in [-0.2, -0.15) is 4.80 Å². The highest BCUT2D eigenvalue weighted by Crippen LogP contribution is 2.19. The molecule has 0 radical (unpaired) electrons. The van der Waals surface area contributed by atoms with E-state index in [4.69, 9.17) is 4.74 Å². The molecular formula is C14H21N5O. The quantitative estimate of drug-likeness (QED) is 0.899. The van der Waals surface area contributed by atoms with Gasteiger partial charge in [0.05, 0.1) is 7.05 Å². The molecule has 2 aromatic rings. The van der Waals surface area contributed by atoms with Crippen molar-refractivity contribution in [2.75, 3.05) is 0 Å².